The first-order valence-electron chi connectivity index (χ1n) is 3.87. The zero-order valence-electron chi connectivity index (χ0n) is 6.50. The van der Waals surface area contributed by atoms with Crippen LogP contribution in [-0.4, -0.2) is 28.0 Å². The van der Waals surface area contributed by atoms with Crippen molar-refractivity contribution >= 4 is 5.91 Å². The van der Waals surface area contributed by atoms with Gasteiger partial charge in [0.1, 0.15) is 5.76 Å². The molecule has 0 saturated carbocycles. The lowest BCUT2D eigenvalue weighted by molar-refractivity contribution is -0.126. The largest absolute Gasteiger partial charge is 0.510 e. The van der Waals surface area contributed by atoms with Gasteiger partial charge in [0.15, 0.2) is 0 Å². The van der Waals surface area contributed by atoms with Crippen LogP contribution in [0.4, 0.5) is 0 Å². The zero-order chi connectivity index (χ0) is 8.06. The van der Waals surface area contributed by atoms with E-state index in [-0.39, 0.29) is 17.2 Å². The minimum Gasteiger partial charge on any atom is -0.510 e. The van der Waals surface area contributed by atoms with Crippen LogP contribution in [0.2, 0.25) is 0 Å². The fourth-order valence-corrected chi connectivity index (χ4v) is 1.93. The van der Waals surface area contributed by atoms with Crippen molar-refractivity contribution < 1.29 is 9.90 Å². The Balaban J connectivity index is 2.42. The first-order chi connectivity index (χ1) is 5.14. The second-order valence-corrected chi connectivity index (χ2v) is 3.40. The van der Waals surface area contributed by atoms with E-state index in [2.05, 4.69) is 0 Å². The van der Waals surface area contributed by atoms with Crippen molar-refractivity contribution in [3.8, 4) is 0 Å². The molecule has 1 unspecified atom stereocenters. The van der Waals surface area contributed by atoms with E-state index in [1.165, 1.54) is 6.08 Å². The molecule has 0 aromatic rings. The van der Waals surface area contributed by atoms with Gasteiger partial charge in [-0.05, 0) is 19.8 Å². The summed E-state index contributed by atoms with van der Waals surface area (Å²) in [7, 11) is 0. The normalized spacial score (nSPS) is 35.9. The van der Waals surface area contributed by atoms with Gasteiger partial charge < -0.3 is 10.0 Å². The van der Waals surface area contributed by atoms with E-state index in [1.807, 2.05) is 6.92 Å². The molecule has 2 aliphatic heterocycles. The molecule has 2 heterocycles. The third-order valence-electron chi connectivity index (χ3n) is 2.72. The van der Waals surface area contributed by atoms with Gasteiger partial charge in [-0.2, -0.15) is 0 Å². The maximum absolute atomic E-state index is 11.2. The number of rotatable bonds is 0. The van der Waals surface area contributed by atoms with Gasteiger partial charge in [-0.1, -0.05) is 0 Å². The van der Waals surface area contributed by atoms with Crippen molar-refractivity contribution in [2.45, 2.75) is 25.3 Å². The number of nitrogens with zero attached hydrogens (tertiary/aromatic N) is 1. The molecule has 1 N–H and O–H groups in total. The highest BCUT2D eigenvalue weighted by atomic mass is 16.3. The molecule has 0 aromatic carbocycles. The maximum atomic E-state index is 11.2. The quantitative estimate of drug-likeness (QED) is 0.559. The summed E-state index contributed by atoms with van der Waals surface area (Å²) in [6.45, 7) is 2.70. The number of hydrogen-bond donors (Lipinski definition) is 1. The molecule has 3 nitrogen and oxygen atoms in total. The molecule has 0 bridgehead atoms. The van der Waals surface area contributed by atoms with Crippen LogP contribution in [0, 0.1) is 0 Å². The minimum atomic E-state index is -0.364. The molecule has 0 spiro atoms. The third kappa shape index (κ3) is 0.654. The molecule has 3 heteroatoms. The van der Waals surface area contributed by atoms with Crippen LogP contribution in [0.1, 0.15) is 19.8 Å². The third-order valence-corrected chi connectivity index (χ3v) is 2.72. The fourth-order valence-electron chi connectivity index (χ4n) is 1.93. The predicted octanol–water partition coefficient (Wildman–Crippen LogP) is 0.823. The number of carbonyl (C=O) groups is 1. The summed E-state index contributed by atoms with van der Waals surface area (Å²) in [6.07, 6.45) is 3.22. The van der Waals surface area contributed by atoms with E-state index in [0.29, 0.717) is 0 Å². The molecule has 1 fully saturated rings. The second kappa shape index (κ2) is 1.78. The lowest BCUT2D eigenvalue weighted by Gasteiger charge is -2.27. The predicted molar refractivity (Wildman–Crippen MR) is 40.1 cm³/mol. The monoisotopic (exact) mass is 153 g/mol. The van der Waals surface area contributed by atoms with Gasteiger partial charge in [-0.15, -0.1) is 0 Å². The standard InChI is InChI=1S/C8H11NO2/c1-8-3-2-4-9(8)7(11)5-6(8)10/h5,10H,2-4H2,1H3. The van der Waals surface area contributed by atoms with Gasteiger partial charge >= 0.3 is 0 Å². The maximum Gasteiger partial charge on any atom is 0.250 e. The Kier molecular flexibility index (Phi) is 1.09. The smallest absolute Gasteiger partial charge is 0.250 e. The lowest BCUT2D eigenvalue weighted by atomic mass is 9.99. The number of carbonyl (C=O) groups excluding carboxylic acids is 1. The van der Waals surface area contributed by atoms with Gasteiger partial charge in [0, 0.05) is 12.6 Å². The Morgan fingerprint density at radius 1 is 1.73 bits per heavy atom. The second-order valence-electron chi connectivity index (χ2n) is 3.40. The van der Waals surface area contributed by atoms with Crippen molar-refractivity contribution in [3.05, 3.63) is 11.8 Å². The van der Waals surface area contributed by atoms with Crippen LogP contribution in [0.15, 0.2) is 11.8 Å². The van der Waals surface area contributed by atoms with E-state index < -0.39 is 0 Å². The van der Waals surface area contributed by atoms with Gasteiger partial charge in [-0.3, -0.25) is 4.79 Å². The molecular weight excluding hydrogens is 142 g/mol. The summed E-state index contributed by atoms with van der Waals surface area (Å²) in [6, 6.07) is 0. The van der Waals surface area contributed by atoms with Crippen molar-refractivity contribution in [2.75, 3.05) is 6.54 Å². The highest BCUT2D eigenvalue weighted by Gasteiger charge is 2.46. The molecule has 0 aliphatic carbocycles. The van der Waals surface area contributed by atoms with Crippen LogP contribution in [-0.2, 0) is 4.79 Å². The molecule has 0 aromatic heterocycles. The fraction of sp³-hybridized carbons (Fsp3) is 0.625. The van der Waals surface area contributed by atoms with Crippen LogP contribution in [0.25, 0.3) is 0 Å². The van der Waals surface area contributed by atoms with E-state index in [4.69, 9.17) is 0 Å². The molecule has 2 aliphatic rings. The van der Waals surface area contributed by atoms with E-state index >= 15 is 0 Å². The number of fused-ring (bicyclic) bond motifs is 1. The van der Waals surface area contributed by atoms with Crippen LogP contribution in [0.5, 0.6) is 0 Å². The molecule has 1 atom stereocenters. The summed E-state index contributed by atoms with van der Waals surface area (Å²) in [5, 5.41) is 9.43. The van der Waals surface area contributed by atoms with Crippen LogP contribution in [0.3, 0.4) is 0 Å². The molecular formula is C8H11NO2. The Hall–Kier alpha value is -0.990. The number of hydrogen-bond acceptors (Lipinski definition) is 2. The Bertz CT molecular complexity index is 246. The molecule has 0 radical (unpaired) electrons. The van der Waals surface area contributed by atoms with Gasteiger partial charge in [-0.25, -0.2) is 0 Å². The SMILES string of the molecule is CC12CCCN1C(=O)C=C2O. The summed E-state index contributed by atoms with van der Waals surface area (Å²) < 4.78 is 0. The summed E-state index contributed by atoms with van der Waals surface area (Å²) in [4.78, 5) is 12.9. The Morgan fingerprint density at radius 2 is 2.45 bits per heavy atom. The van der Waals surface area contributed by atoms with Crippen molar-refractivity contribution in [3.63, 3.8) is 0 Å². The molecule has 1 amide bonds. The first kappa shape index (κ1) is 6.70. The van der Waals surface area contributed by atoms with Gasteiger partial charge in [0.05, 0.1) is 5.54 Å². The van der Waals surface area contributed by atoms with E-state index in [9.17, 15) is 9.90 Å². The molecule has 11 heavy (non-hydrogen) atoms. The van der Waals surface area contributed by atoms with Gasteiger partial charge in [0.25, 0.3) is 5.91 Å². The highest BCUT2D eigenvalue weighted by Crippen LogP contribution is 2.38. The zero-order valence-corrected chi connectivity index (χ0v) is 6.50. The van der Waals surface area contributed by atoms with E-state index in [1.54, 1.807) is 4.90 Å². The first-order valence-corrected chi connectivity index (χ1v) is 3.87. The van der Waals surface area contributed by atoms with Crippen molar-refractivity contribution in [1.82, 2.24) is 4.90 Å². The van der Waals surface area contributed by atoms with Crippen molar-refractivity contribution in [2.24, 2.45) is 0 Å². The Labute approximate surface area is 65.3 Å². The van der Waals surface area contributed by atoms with Crippen molar-refractivity contribution in [1.29, 1.82) is 0 Å². The van der Waals surface area contributed by atoms with E-state index in [0.717, 1.165) is 19.4 Å². The van der Waals surface area contributed by atoms with Crippen LogP contribution < -0.4 is 0 Å². The van der Waals surface area contributed by atoms with Crippen LogP contribution >= 0.6 is 0 Å². The Morgan fingerprint density at radius 3 is 3.09 bits per heavy atom. The number of aliphatic hydroxyl groups is 1. The summed E-state index contributed by atoms with van der Waals surface area (Å²) in [5.41, 5.74) is -0.364. The molecule has 60 valence electrons. The summed E-state index contributed by atoms with van der Waals surface area (Å²) in [5.74, 6) is 0.197. The summed E-state index contributed by atoms with van der Waals surface area (Å²) >= 11 is 0. The lowest BCUT2D eigenvalue weighted by Crippen LogP contribution is -2.40. The average molecular weight is 153 g/mol. The highest BCUT2D eigenvalue weighted by molar-refractivity contribution is 5.92. The topological polar surface area (TPSA) is 40.5 Å². The molecule has 1 saturated heterocycles. The minimum absolute atomic E-state index is 0.0394. The van der Waals surface area contributed by atoms with Gasteiger partial charge in [0.2, 0.25) is 0 Å². The average Bonchev–Trinajstić information content (AvgIpc) is 2.39. The number of amides is 1. The number of aliphatic hydroxyl groups excluding tert-OH is 1. The molecule has 2 rings (SSSR count).